The number of amides is 2. The van der Waals surface area contributed by atoms with Gasteiger partial charge in [0.15, 0.2) is 0 Å². The van der Waals surface area contributed by atoms with Gasteiger partial charge in [0.05, 0.1) is 6.04 Å². The molecule has 2 aromatic carbocycles. The Morgan fingerprint density at radius 3 is 2.59 bits per heavy atom. The summed E-state index contributed by atoms with van der Waals surface area (Å²) in [4.78, 5) is 30.4. The van der Waals surface area contributed by atoms with E-state index < -0.39 is 0 Å². The van der Waals surface area contributed by atoms with Crippen LogP contribution in [0.15, 0.2) is 48.5 Å². The molecule has 1 aromatic heterocycles. The van der Waals surface area contributed by atoms with Gasteiger partial charge in [-0.1, -0.05) is 36.4 Å². The lowest BCUT2D eigenvalue weighted by Gasteiger charge is -2.26. The van der Waals surface area contributed by atoms with Gasteiger partial charge in [0.1, 0.15) is 6.54 Å². The van der Waals surface area contributed by atoms with Crippen LogP contribution in [-0.2, 0) is 11.8 Å². The third kappa shape index (κ3) is 3.48. The second-order valence-electron chi connectivity index (χ2n) is 8.90. The fraction of sp³-hybridized carbons (Fsp3) is 0.385. The number of hydrogen-bond acceptors (Lipinski definition) is 3. The Hall–Kier alpha value is -3.12. The van der Waals surface area contributed by atoms with Crippen molar-refractivity contribution in [2.75, 3.05) is 32.7 Å². The van der Waals surface area contributed by atoms with Crippen molar-refractivity contribution >= 4 is 22.7 Å². The molecule has 166 valence electrons. The van der Waals surface area contributed by atoms with Crippen LogP contribution in [0.2, 0.25) is 0 Å². The monoisotopic (exact) mass is 430 g/mol. The van der Waals surface area contributed by atoms with Gasteiger partial charge < -0.3 is 19.7 Å². The molecular formula is C26H30N4O2. The van der Waals surface area contributed by atoms with Gasteiger partial charge in [-0.15, -0.1) is 0 Å². The molecule has 2 aliphatic heterocycles. The number of likely N-dealkylation sites (tertiary alicyclic amines) is 1. The van der Waals surface area contributed by atoms with Crippen LogP contribution in [0.3, 0.4) is 0 Å². The normalized spacial score (nSPS) is 18.5. The second kappa shape index (κ2) is 8.43. The van der Waals surface area contributed by atoms with Gasteiger partial charge >= 0.3 is 0 Å². The third-order valence-corrected chi connectivity index (χ3v) is 7.04. The summed E-state index contributed by atoms with van der Waals surface area (Å²) in [6.07, 6.45) is 2.47. The highest BCUT2D eigenvalue weighted by Crippen LogP contribution is 2.43. The van der Waals surface area contributed by atoms with E-state index in [1.54, 1.807) is 4.90 Å². The molecule has 0 radical (unpaired) electrons. The molecule has 6 heteroatoms. The van der Waals surface area contributed by atoms with Crippen LogP contribution in [0.25, 0.3) is 10.9 Å². The number of aromatic nitrogens is 1. The van der Waals surface area contributed by atoms with E-state index in [-0.39, 0.29) is 24.4 Å². The Balaban J connectivity index is 1.45. The summed E-state index contributed by atoms with van der Waals surface area (Å²) in [5.41, 5.74) is 5.01. The van der Waals surface area contributed by atoms with Crippen molar-refractivity contribution in [1.29, 1.82) is 0 Å². The Morgan fingerprint density at radius 2 is 1.78 bits per heavy atom. The molecule has 3 heterocycles. The lowest BCUT2D eigenvalue weighted by molar-refractivity contribution is -0.122. The smallest absolute Gasteiger partial charge is 0.255 e. The number of carbonyl (C=O) groups is 2. The van der Waals surface area contributed by atoms with Gasteiger partial charge in [0.25, 0.3) is 5.91 Å². The number of aryl methyl sites for hydroxylation is 1. The molecule has 3 aromatic rings. The van der Waals surface area contributed by atoms with Crippen molar-refractivity contribution < 1.29 is 9.59 Å². The summed E-state index contributed by atoms with van der Waals surface area (Å²) >= 11 is 0. The first-order chi connectivity index (χ1) is 15.6. The summed E-state index contributed by atoms with van der Waals surface area (Å²) in [5.74, 6) is -0.180. The number of nitrogens with zero attached hydrogens (tertiary/aromatic N) is 3. The molecule has 1 atom stereocenters. The van der Waals surface area contributed by atoms with E-state index in [0.717, 1.165) is 47.4 Å². The molecule has 2 aliphatic rings. The largest absolute Gasteiger partial charge is 0.353 e. The minimum Gasteiger partial charge on any atom is -0.353 e. The summed E-state index contributed by atoms with van der Waals surface area (Å²) in [5, 5.41) is 4.16. The summed E-state index contributed by atoms with van der Waals surface area (Å²) < 4.78 is 2.17. The van der Waals surface area contributed by atoms with Gasteiger partial charge in [-0.3, -0.25) is 9.59 Å². The average Bonchev–Trinajstić information content (AvgIpc) is 3.48. The van der Waals surface area contributed by atoms with E-state index in [1.807, 2.05) is 36.4 Å². The fourth-order valence-corrected chi connectivity index (χ4v) is 5.31. The van der Waals surface area contributed by atoms with Crippen molar-refractivity contribution in [1.82, 2.24) is 19.7 Å². The third-order valence-electron chi connectivity index (χ3n) is 7.04. The van der Waals surface area contributed by atoms with E-state index in [9.17, 15) is 9.59 Å². The number of hydrogen-bond donors (Lipinski definition) is 1. The molecule has 0 spiro atoms. The van der Waals surface area contributed by atoms with Crippen LogP contribution in [0.1, 0.15) is 46.1 Å². The molecule has 1 N–H and O–H groups in total. The van der Waals surface area contributed by atoms with Crippen LogP contribution < -0.4 is 5.32 Å². The minimum atomic E-state index is -0.269. The summed E-state index contributed by atoms with van der Waals surface area (Å²) in [6.45, 7) is 5.85. The number of carbonyl (C=O) groups excluding carboxylic acids is 2. The highest BCUT2D eigenvalue weighted by molar-refractivity contribution is 6.02. The molecule has 5 rings (SSSR count). The first kappa shape index (κ1) is 20.8. The van der Waals surface area contributed by atoms with Crippen molar-refractivity contribution in [3.8, 4) is 0 Å². The van der Waals surface area contributed by atoms with Crippen LogP contribution in [0.5, 0.6) is 0 Å². The van der Waals surface area contributed by atoms with Crippen LogP contribution >= 0.6 is 0 Å². The van der Waals surface area contributed by atoms with E-state index in [0.29, 0.717) is 12.1 Å². The lowest BCUT2D eigenvalue weighted by Crippen LogP contribution is -2.42. The number of benzene rings is 2. The number of fused-ring (bicyclic) bond motifs is 2. The predicted molar refractivity (Wildman–Crippen MR) is 126 cm³/mol. The zero-order valence-corrected chi connectivity index (χ0v) is 18.8. The molecule has 0 bridgehead atoms. The maximum Gasteiger partial charge on any atom is 0.255 e. The van der Waals surface area contributed by atoms with Crippen molar-refractivity contribution in [2.45, 2.75) is 25.8 Å². The van der Waals surface area contributed by atoms with Crippen LogP contribution in [0, 0.1) is 6.92 Å². The van der Waals surface area contributed by atoms with E-state index >= 15 is 0 Å². The molecule has 0 saturated carbocycles. The topological polar surface area (TPSA) is 57.6 Å². The van der Waals surface area contributed by atoms with Gasteiger partial charge in [-0.05, 0) is 50.6 Å². The molecule has 2 amide bonds. The minimum absolute atomic E-state index is 0.0564. The fourth-order valence-electron chi connectivity index (χ4n) is 5.31. The molecule has 1 fully saturated rings. The SMILES string of the molecule is Cc1c([C@H]2c3ccccc3C(=O)N2CC(=O)NCCN2CCCC2)c2ccccc2n1C. The molecule has 6 nitrogen and oxygen atoms in total. The Morgan fingerprint density at radius 1 is 1.06 bits per heavy atom. The van der Waals surface area contributed by atoms with Gasteiger partial charge in [0, 0.05) is 47.9 Å². The zero-order valence-electron chi connectivity index (χ0n) is 18.8. The van der Waals surface area contributed by atoms with Crippen LogP contribution in [0.4, 0.5) is 0 Å². The Labute approximate surface area is 188 Å². The van der Waals surface area contributed by atoms with E-state index in [2.05, 4.69) is 40.9 Å². The highest BCUT2D eigenvalue weighted by Gasteiger charge is 2.40. The Bertz CT molecular complexity index is 1180. The molecule has 32 heavy (non-hydrogen) atoms. The van der Waals surface area contributed by atoms with Gasteiger partial charge in [-0.25, -0.2) is 0 Å². The van der Waals surface area contributed by atoms with Crippen molar-refractivity contribution in [2.24, 2.45) is 7.05 Å². The summed E-state index contributed by atoms with van der Waals surface area (Å²) in [6, 6.07) is 15.8. The van der Waals surface area contributed by atoms with E-state index in [4.69, 9.17) is 0 Å². The number of para-hydroxylation sites is 1. The van der Waals surface area contributed by atoms with Gasteiger partial charge in [0.2, 0.25) is 5.91 Å². The molecule has 0 aliphatic carbocycles. The lowest BCUT2D eigenvalue weighted by atomic mass is 9.95. The maximum absolute atomic E-state index is 13.4. The van der Waals surface area contributed by atoms with Gasteiger partial charge in [-0.2, -0.15) is 0 Å². The first-order valence-corrected chi connectivity index (χ1v) is 11.5. The number of nitrogens with one attached hydrogen (secondary N) is 1. The van der Waals surface area contributed by atoms with Crippen molar-refractivity contribution in [3.05, 3.63) is 70.9 Å². The standard InChI is InChI=1S/C26H30N4O2/c1-18-24(21-11-5-6-12-22(21)28(18)2)25-19-9-3-4-10-20(19)26(32)30(25)17-23(31)27-13-16-29-14-7-8-15-29/h3-6,9-12,25H,7-8,13-17H2,1-2H3,(H,27,31)/t25-/m1/s1. The van der Waals surface area contributed by atoms with E-state index in [1.165, 1.54) is 12.8 Å². The zero-order chi connectivity index (χ0) is 22.2. The number of rotatable bonds is 6. The first-order valence-electron chi connectivity index (χ1n) is 11.5. The quantitative estimate of drug-likeness (QED) is 0.653. The Kier molecular flexibility index (Phi) is 5.47. The predicted octanol–water partition coefficient (Wildman–Crippen LogP) is 3.24. The maximum atomic E-state index is 13.4. The highest BCUT2D eigenvalue weighted by atomic mass is 16.2. The molecular weight excluding hydrogens is 400 g/mol. The average molecular weight is 431 g/mol. The van der Waals surface area contributed by atoms with Crippen LogP contribution in [-0.4, -0.2) is 58.9 Å². The molecule has 1 saturated heterocycles. The second-order valence-corrected chi connectivity index (χ2v) is 8.90. The van der Waals surface area contributed by atoms with Crippen molar-refractivity contribution in [3.63, 3.8) is 0 Å². The summed E-state index contributed by atoms with van der Waals surface area (Å²) in [7, 11) is 2.05. The molecule has 0 unspecified atom stereocenters.